The molecule has 2 aromatic heterocycles. The fourth-order valence-corrected chi connectivity index (χ4v) is 6.38. The van der Waals surface area contributed by atoms with E-state index in [-0.39, 0.29) is 12.1 Å². The van der Waals surface area contributed by atoms with Gasteiger partial charge in [0.2, 0.25) is 0 Å². The number of anilines is 1. The summed E-state index contributed by atoms with van der Waals surface area (Å²) in [6.07, 6.45) is 7.67. The second-order valence-electron chi connectivity index (χ2n) is 11.8. The van der Waals surface area contributed by atoms with Crippen molar-refractivity contribution >= 4 is 53.7 Å². The van der Waals surface area contributed by atoms with Crippen molar-refractivity contribution < 1.29 is 14.3 Å². The minimum absolute atomic E-state index is 0.130. The molecule has 3 atom stereocenters. The highest BCUT2D eigenvalue weighted by atomic mass is 127. The zero-order valence-corrected chi connectivity index (χ0v) is 24.4. The Kier molecular flexibility index (Phi) is 7.50. The number of rotatable bonds is 7. The molecule has 0 radical (unpaired) electrons. The van der Waals surface area contributed by atoms with Gasteiger partial charge in [-0.1, -0.05) is 19.6 Å². The largest absolute Gasteiger partial charge is 0.444 e. The molecule has 0 spiro atoms. The van der Waals surface area contributed by atoms with Crippen LogP contribution in [0.1, 0.15) is 46.5 Å². The summed E-state index contributed by atoms with van der Waals surface area (Å²) in [7, 11) is -1.12. The first-order valence-corrected chi connectivity index (χ1v) is 17.1. The molecule has 2 aliphatic rings. The predicted molar refractivity (Wildman–Crippen MR) is 146 cm³/mol. The van der Waals surface area contributed by atoms with E-state index in [1.165, 1.54) is 0 Å². The Hall–Kier alpha value is -1.40. The molecule has 0 unspecified atom stereocenters. The highest BCUT2D eigenvalue weighted by Crippen LogP contribution is 2.39. The lowest BCUT2D eigenvalue weighted by molar-refractivity contribution is 0.0492. The van der Waals surface area contributed by atoms with Crippen molar-refractivity contribution in [3.05, 3.63) is 16.0 Å². The number of nitrogens with one attached hydrogen (secondary N) is 1. The number of alkyl carbamates (subject to hydrolysis) is 1. The normalized spacial score (nSPS) is 22.9. The Morgan fingerprint density at radius 1 is 1.24 bits per heavy atom. The van der Waals surface area contributed by atoms with E-state index in [1.807, 2.05) is 27.0 Å². The monoisotopic (exact) mass is 599 g/mol. The zero-order chi connectivity index (χ0) is 24.7. The summed E-state index contributed by atoms with van der Waals surface area (Å²) in [5.74, 6) is 0.925. The average molecular weight is 600 g/mol. The van der Waals surface area contributed by atoms with Gasteiger partial charge < -0.3 is 24.3 Å². The molecule has 1 amide bonds. The van der Waals surface area contributed by atoms with Crippen LogP contribution in [-0.2, 0) is 16.2 Å². The summed E-state index contributed by atoms with van der Waals surface area (Å²) >= 11 is 2.32. The molecule has 4 heterocycles. The van der Waals surface area contributed by atoms with Crippen LogP contribution in [-0.4, -0.2) is 59.0 Å². The van der Waals surface area contributed by atoms with E-state index in [0.717, 1.165) is 58.9 Å². The van der Waals surface area contributed by atoms with E-state index in [0.29, 0.717) is 18.8 Å². The van der Waals surface area contributed by atoms with Crippen LogP contribution in [0.5, 0.6) is 0 Å². The van der Waals surface area contributed by atoms with Crippen molar-refractivity contribution in [2.45, 2.75) is 103 Å². The molecule has 2 fully saturated rings. The third-order valence-corrected chi connectivity index (χ3v) is 8.95. The Morgan fingerprint density at radius 2 is 1.91 bits per heavy atom. The lowest BCUT2D eigenvalue weighted by Gasteiger charge is -2.39. The van der Waals surface area contributed by atoms with Crippen molar-refractivity contribution in [1.82, 2.24) is 19.9 Å². The number of halogens is 1. The van der Waals surface area contributed by atoms with Gasteiger partial charge in [-0.25, -0.2) is 14.8 Å². The summed E-state index contributed by atoms with van der Waals surface area (Å²) in [5, 5.41) is 3.09. The summed E-state index contributed by atoms with van der Waals surface area (Å²) in [6, 6.07) is 1.97. The summed E-state index contributed by atoms with van der Waals surface area (Å²) in [6.45, 7) is 14.0. The molecule has 34 heavy (non-hydrogen) atoms. The van der Waals surface area contributed by atoms with E-state index in [4.69, 9.17) is 19.4 Å². The van der Waals surface area contributed by atoms with Crippen LogP contribution < -0.4 is 10.2 Å². The van der Waals surface area contributed by atoms with E-state index < -0.39 is 13.7 Å². The van der Waals surface area contributed by atoms with Gasteiger partial charge in [-0.15, -0.1) is 0 Å². The van der Waals surface area contributed by atoms with Crippen LogP contribution >= 0.6 is 22.6 Å². The van der Waals surface area contributed by atoms with Crippen molar-refractivity contribution in [1.29, 1.82) is 0 Å². The van der Waals surface area contributed by atoms with Crippen LogP contribution in [0, 0.1) is 3.57 Å². The van der Waals surface area contributed by atoms with Gasteiger partial charge in [0, 0.05) is 39.0 Å². The molecular formula is C24H38IN5O3Si. The van der Waals surface area contributed by atoms with E-state index in [2.05, 4.69) is 63.2 Å². The number of ether oxygens (including phenoxy) is 2. The molecule has 10 heteroatoms. The maximum atomic E-state index is 12.3. The fraction of sp³-hybridized carbons (Fsp3) is 0.708. The van der Waals surface area contributed by atoms with Gasteiger partial charge in [-0.2, -0.15) is 0 Å². The van der Waals surface area contributed by atoms with Crippen molar-refractivity contribution in [2.24, 2.45) is 0 Å². The zero-order valence-electron chi connectivity index (χ0n) is 21.2. The van der Waals surface area contributed by atoms with Gasteiger partial charge in [-0.3, -0.25) is 0 Å². The van der Waals surface area contributed by atoms with Crippen LogP contribution in [0.2, 0.25) is 25.7 Å². The Bertz CT molecular complexity index is 1020. The predicted octanol–water partition coefficient (Wildman–Crippen LogP) is 5.37. The minimum atomic E-state index is -1.12. The number of amides is 1. The second-order valence-corrected chi connectivity index (χ2v) is 18.6. The lowest BCUT2D eigenvalue weighted by Crippen LogP contribution is -2.51. The van der Waals surface area contributed by atoms with Crippen molar-refractivity contribution in [3.8, 4) is 0 Å². The van der Waals surface area contributed by atoms with Crippen LogP contribution in [0.4, 0.5) is 10.6 Å². The van der Waals surface area contributed by atoms with Crippen LogP contribution in [0.3, 0.4) is 0 Å². The Balaban J connectivity index is 1.45. The third-order valence-electron chi connectivity index (χ3n) is 6.45. The molecule has 0 aromatic carbocycles. The van der Waals surface area contributed by atoms with Crippen LogP contribution in [0.25, 0.3) is 11.2 Å². The van der Waals surface area contributed by atoms with Gasteiger partial charge in [0.25, 0.3) is 0 Å². The first-order valence-electron chi connectivity index (χ1n) is 12.3. The summed E-state index contributed by atoms with van der Waals surface area (Å²) < 4.78 is 14.6. The Morgan fingerprint density at radius 3 is 2.53 bits per heavy atom. The molecule has 8 nitrogen and oxygen atoms in total. The van der Waals surface area contributed by atoms with Gasteiger partial charge in [0.05, 0.1) is 9.77 Å². The quantitative estimate of drug-likeness (QED) is 0.262. The highest BCUT2D eigenvalue weighted by molar-refractivity contribution is 14.1. The number of aromatic nitrogens is 3. The topological polar surface area (TPSA) is 81.5 Å². The van der Waals surface area contributed by atoms with E-state index in [1.54, 1.807) is 0 Å². The van der Waals surface area contributed by atoms with Gasteiger partial charge in [-0.05, 0) is 75.1 Å². The van der Waals surface area contributed by atoms with Gasteiger partial charge in [0.15, 0.2) is 5.65 Å². The molecule has 4 rings (SSSR count). The first kappa shape index (κ1) is 25.7. The minimum Gasteiger partial charge on any atom is -0.444 e. The third kappa shape index (κ3) is 6.23. The fourth-order valence-electron chi connectivity index (χ4n) is 4.91. The molecule has 0 aliphatic carbocycles. The van der Waals surface area contributed by atoms with Crippen molar-refractivity contribution in [2.75, 3.05) is 11.5 Å². The smallest absolute Gasteiger partial charge is 0.407 e. The SMILES string of the molecule is CC(C)(C)OC(=O)N[C@H]1C[C@H]2CC[C@@H](C1)N2c1cnc2c(I)cn(COCC[Si](C)(C)C)c2n1. The first-order chi connectivity index (χ1) is 15.9. The average Bonchev–Trinajstić information content (AvgIpc) is 3.16. The van der Waals surface area contributed by atoms with E-state index in [9.17, 15) is 4.79 Å². The number of carbonyl (C=O) groups excluding carboxylic acids is 1. The molecule has 2 saturated heterocycles. The molecular weight excluding hydrogens is 561 g/mol. The number of hydrogen-bond acceptors (Lipinski definition) is 6. The molecule has 2 aliphatic heterocycles. The lowest BCUT2D eigenvalue weighted by atomic mass is 9.97. The molecule has 1 N–H and O–H groups in total. The number of hydrogen-bond donors (Lipinski definition) is 1. The summed E-state index contributed by atoms with van der Waals surface area (Å²) in [4.78, 5) is 24.5. The maximum Gasteiger partial charge on any atom is 0.407 e. The molecule has 188 valence electrons. The van der Waals surface area contributed by atoms with E-state index >= 15 is 0 Å². The number of carbonyl (C=O) groups is 1. The molecule has 2 aromatic rings. The highest BCUT2D eigenvalue weighted by Gasteiger charge is 2.42. The number of fused-ring (bicyclic) bond motifs is 3. The van der Waals surface area contributed by atoms with Crippen LogP contribution in [0.15, 0.2) is 12.4 Å². The number of nitrogens with zero attached hydrogens (tertiary/aromatic N) is 4. The van der Waals surface area contributed by atoms with Gasteiger partial charge in [0.1, 0.15) is 23.7 Å². The Labute approximate surface area is 217 Å². The van der Waals surface area contributed by atoms with Crippen molar-refractivity contribution in [3.63, 3.8) is 0 Å². The maximum absolute atomic E-state index is 12.3. The summed E-state index contributed by atoms with van der Waals surface area (Å²) in [5.41, 5.74) is 1.31. The van der Waals surface area contributed by atoms with Gasteiger partial charge >= 0.3 is 6.09 Å². The second kappa shape index (κ2) is 9.92. The molecule has 2 bridgehead atoms. The standard InChI is InChI=1S/C24H38IN5O3Si/c1-24(2,3)33-23(31)27-16-11-17-7-8-18(12-16)30(17)20-13-26-21-19(25)14-29(22(21)28-20)15-32-9-10-34(4,5)6/h13-14,16-18H,7-12,15H2,1-6H3,(H,27,31)/t16-,17+,18-. The molecule has 0 saturated carbocycles. The number of piperidine rings is 1.